The van der Waals surface area contributed by atoms with Crippen molar-refractivity contribution in [1.29, 1.82) is 0 Å². The third-order valence-electron chi connectivity index (χ3n) is 6.17. The smallest absolute Gasteiger partial charge is 0.312 e. The molecule has 0 atom stereocenters. The van der Waals surface area contributed by atoms with Gasteiger partial charge >= 0.3 is 5.97 Å². The Hall–Kier alpha value is -2.66. The van der Waals surface area contributed by atoms with E-state index in [0.29, 0.717) is 6.61 Å². The van der Waals surface area contributed by atoms with Crippen LogP contribution in [0, 0.1) is 5.41 Å². The van der Waals surface area contributed by atoms with E-state index in [1.54, 1.807) is 0 Å². The highest BCUT2D eigenvalue weighted by atomic mass is 16.5. The molecule has 5 heteroatoms. The third kappa shape index (κ3) is 6.66. The van der Waals surface area contributed by atoms with Crippen LogP contribution in [-0.2, 0) is 27.3 Å². The molecule has 1 aliphatic rings. The molecular weight excluding hydrogens is 388 g/mol. The predicted octanol–water partition coefficient (Wildman–Crippen LogP) is 4.81. The van der Waals surface area contributed by atoms with Crippen molar-refractivity contribution < 1.29 is 14.3 Å². The zero-order valence-corrected chi connectivity index (χ0v) is 18.7. The van der Waals surface area contributed by atoms with Crippen molar-refractivity contribution >= 4 is 17.6 Å². The second kappa shape index (κ2) is 11.1. The van der Waals surface area contributed by atoms with E-state index in [2.05, 4.69) is 46.6 Å². The van der Waals surface area contributed by atoms with Gasteiger partial charge in [0.25, 0.3) is 0 Å². The molecule has 0 unspecified atom stereocenters. The van der Waals surface area contributed by atoms with E-state index in [0.717, 1.165) is 57.4 Å². The number of hydrogen-bond acceptors (Lipinski definition) is 4. The zero-order chi connectivity index (χ0) is 22.1. The van der Waals surface area contributed by atoms with Crippen molar-refractivity contribution in [2.24, 2.45) is 5.41 Å². The van der Waals surface area contributed by atoms with Gasteiger partial charge in [-0.3, -0.25) is 14.5 Å². The number of aryl methyl sites for hydroxylation is 1. The summed E-state index contributed by atoms with van der Waals surface area (Å²) in [6.07, 6.45) is 4.54. The second-order valence-electron chi connectivity index (χ2n) is 8.49. The van der Waals surface area contributed by atoms with Gasteiger partial charge in [-0.05, 0) is 75.4 Å². The summed E-state index contributed by atoms with van der Waals surface area (Å²) in [5.74, 6) is -0.0891. The number of esters is 1. The fraction of sp³-hybridized carbons (Fsp3) is 0.462. The summed E-state index contributed by atoms with van der Waals surface area (Å²) in [5.41, 5.74) is 2.98. The summed E-state index contributed by atoms with van der Waals surface area (Å²) in [6.45, 7) is 6.45. The molecule has 2 aromatic rings. The highest BCUT2D eigenvalue weighted by Crippen LogP contribution is 2.38. The van der Waals surface area contributed by atoms with Crippen molar-refractivity contribution in [3.63, 3.8) is 0 Å². The Morgan fingerprint density at radius 2 is 1.68 bits per heavy atom. The number of rotatable bonds is 9. The Morgan fingerprint density at radius 1 is 1.00 bits per heavy atom. The first-order valence-electron chi connectivity index (χ1n) is 11.3. The Bertz CT molecular complexity index is 841. The number of likely N-dealkylation sites (tertiary alicyclic amines) is 1. The van der Waals surface area contributed by atoms with Crippen molar-refractivity contribution in [2.75, 3.05) is 25.0 Å². The molecule has 1 N–H and O–H groups in total. The molecule has 31 heavy (non-hydrogen) atoms. The molecule has 0 spiro atoms. The minimum absolute atomic E-state index is 0.0256. The molecule has 0 radical (unpaired) electrons. The van der Waals surface area contributed by atoms with Crippen molar-refractivity contribution in [3.8, 4) is 0 Å². The van der Waals surface area contributed by atoms with Gasteiger partial charge in [0.05, 0.1) is 12.0 Å². The van der Waals surface area contributed by atoms with Crippen molar-refractivity contribution in [3.05, 3.63) is 65.7 Å². The molecule has 1 aliphatic heterocycles. The molecule has 0 aromatic heterocycles. The van der Waals surface area contributed by atoms with Crippen LogP contribution in [0.2, 0.25) is 0 Å². The van der Waals surface area contributed by atoms with Crippen LogP contribution < -0.4 is 5.32 Å². The summed E-state index contributed by atoms with van der Waals surface area (Å²) < 4.78 is 5.49. The van der Waals surface area contributed by atoms with Crippen LogP contribution in [0.25, 0.3) is 0 Å². The average molecular weight is 423 g/mol. The molecule has 0 saturated carbocycles. The van der Waals surface area contributed by atoms with E-state index in [1.807, 2.05) is 25.1 Å². The molecule has 1 amide bonds. The summed E-state index contributed by atoms with van der Waals surface area (Å²) in [4.78, 5) is 26.5. The SMILES string of the molecule is CCOC(=O)C1(CCCc2ccccc2)CCN(Cc2ccc(NC(C)=O)cc2)CC1. The largest absolute Gasteiger partial charge is 0.466 e. The van der Waals surface area contributed by atoms with Gasteiger partial charge in [0.15, 0.2) is 0 Å². The molecule has 3 rings (SSSR count). The Morgan fingerprint density at radius 3 is 2.29 bits per heavy atom. The van der Waals surface area contributed by atoms with Gasteiger partial charge in [-0.1, -0.05) is 42.5 Å². The molecule has 5 nitrogen and oxygen atoms in total. The summed E-state index contributed by atoms with van der Waals surface area (Å²) in [5, 5.41) is 2.80. The maximum absolute atomic E-state index is 12.9. The first-order chi connectivity index (χ1) is 15.0. The van der Waals surface area contributed by atoms with Gasteiger partial charge in [-0.15, -0.1) is 0 Å². The molecular formula is C26H34N2O3. The Kier molecular flexibility index (Phi) is 8.24. The number of anilines is 1. The number of carbonyl (C=O) groups excluding carboxylic acids is 2. The summed E-state index contributed by atoms with van der Waals surface area (Å²) in [6, 6.07) is 18.5. The topological polar surface area (TPSA) is 58.6 Å². The Balaban J connectivity index is 1.56. The minimum Gasteiger partial charge on any atom is -0.466 e. The van der Waals surface area contributed by atoms with Gasteiger partial charge < -0.3 is 10.1 Å². The van der Waals surface area contributed by atoms with Crippen molar-refractivity contribution in [1.82, 2.24) is 4.90 Å². The molecule has 1 saturated heterocycles. The molecule has 0 aliphatic carbocycles. The molecule has 166 valence electrons. The van der Waals surface area contributed by atoms with E-state index >= 15 is 0 Å². The lowest BCUT2D eigenvalue weighted by atomic mass is 9.74. The lowest BCUT2D eigenvalue weighted by molar-refractivity contribution is -0.159. The van der Waals surface area contributed by atoms with Crippen molar-refractivity contribution in [2.45, 2.75) is 52.5 Å². The van der Waals surface area contributed by atoms with Crippen LogP contribution in [0.4, 0.5) is 5.69 Å². The standard InChI is InChI=1S/C26H34N2O3/c1-3-31-25(30)26(15-7-10-22-8-5-4-6-9-22)16-18-28(19-17-26)20-23-11-13-24(14-12-23)27-21(2)29/h4-6,8-9,11-14H,3,7,10,15-20H2,1-2H3,(H,27,29). The second-order valence-corrected chi connectivity index (χ2v) is 8.49. The lowest BCUT2D eigenvalue weighted by Gasteiger charge is -2.40. The summed E-state index contributed by atoms with van der Waals surface area (Å²) in [7, 11) is 0. The van der Waals surface area contributed by atoms with Crippen LogP contribution in [0.5, 0.6) is 0 Å². The van der Waals surface area contributed by atoms with Crippen LogP contribution in [0.15, 0.2) is 54.6 Å². The number of carbonyl (C=O) groups is 2. The predicted molar refractivity (Wildman–Crippen MR) is 124 cm³/mol. The highest BCUT2D eigenvalue weighted by molar-refractivity contribution is 5.88. The van der Waals surface area contributed by atoms with Gasteiger partial charge in [-0.25, -0.2) is 0 Å². The van der Waals surface area contributed by atoms with Crippen LogP contribution in [0.1, 0.15) is 50.7 Å². The average Bonchev–Trinajstić information content (AvgIpc) is 2.77. The first kappa shape index (κ1) is 23.0. The Labute approximate surface area is 185 Å². The number of piperidine rings is 1. The normalized spacial score (nSPS) is 15.9. The fourth-order valence-electron chi connectivity index (χ4n) is 4.41. The van der Waals surface area contributed by atoms with E-state index in [4.69, 9.17) is 4.74 Å². The van der Waals surface area contributed by atoms with Crippen LogP contribution in [-0.4, -0.2) is 36.5 Å². The third-order valence-corrected chi connectivity index (χ3v) is 6.17. The number of benzene rings is 2. The number of hydrogen-bond donors (Lipinski definition) is 1. The van der Waals surface area contributed by atoms with Crippen LogP contribution >= 0.6 is 0 Å². The van der Waals surface area contributed by atoms with E-state index in [1.165, 1.54) is 18.1 Å². The fourth-order valence-corrected chi connectivity index (χ4v) is 4.41. The lowest BCUT2D eigenvalue weighted by Crippen LogP contribution is -2.45. The van der Waals surface area contributed by atoms with Gasteiger partial charge in [-0.2, -0.15) is 0 Å². The van der Waals surface area contributed by atoms with Gasteiger partial charge in [0.1, 0.15) is 0 Å². The first-order valence-corrected chi connectivity index (χ1v) is 11.3. The molecule has 2 aromatic carbocycles. The number of nitrogens with zero attached hydrogens (tertiary/aromatic N) is 1. The number of nitrogens with one attached hydrogen (secondary N) is 1. The quantitative estimate of drug-likeness (QED) is 0.589. The minimum atomic E-state index is -0.365. The monoisotopic (exact) mass is 422 g/mol. The van der Waals surface area contributed by atoms with E-state index < -0.39 is 0 Å². The van der Waals surface area contributed by atoms with Gasteiger partial charge in [0, 0.05) is 19.2 Å². The maximum atomic E-state index is 12.9. The van der Waals surface area contributed by atoms with Crippen LogP contribution in [0.3, 0.4) is 0 Å². The van der Waals surface area contributed by atoms with E-state index in [-0.39, 0.29) is 17.3 Å². The molecule has 0 bridgehead atoms. The number of ether oxygens (including phenoxy) is 1. The van der Waals surface area contributed by atoms with E-state index in [9.17, 15) is 9.59 Å². The molecule has 1 heterocycles. The highest BCUT2D eigenvalue weighted by Gasteiger charge is 2.42. The number of amides is 1. The zero-order valence-electron chi connectivity index (χ0n) is 18.7. The molecule has 1 fully saturated rings. The maximum Gasteiger partial charge on any atom is 0.312 e. The summed E-state index contributed by atoms with van der Waals surface area (Å²) >= 11 is 0. The van der Waals surface area contributed by atoms with Gasteiger partial charge in [0.2, 0.25) is 5.91 Å².